The standard InChI is InChI=1S/C15H25N3O/c1-17(2)14-6-8-18(9-7-14)11-12-10-13(16)4-5-15(12)19-3/h4-5,10,14H,6-9,11,16H2,1-3H3. The molecule has 0 aromatic heterocycles. The molecule has 106 valence electrons. The topological polar surface area (TPSA) is 41.7 Å². The number of nitrogen functional groups attached to an aromatic ring is 1. The van der Waals surface area contributed by atoms with E-state index < -0.39 is 0 Å². The quantitative estimate of drug-likeness (QED) is 0.841. The van der Waals surface area contributed by atoms with E-state index in [-0.39, 0.29) is 0 Å². The predicted octanol–water partition coefficient (Wildman–Crippen LogP) is 1.80. The monoisotopic (exact) mass is 263 g/mol. The Bertz CT molecular complexity index is 412. The van der Waals surface area contributed by atoms with E-state index >= 15 is 0 Å². The molecule has 0 amide bonds. The van der Waals surface area contributed by atoms with Crippen molar-refractivity contribution in [3.8, 4) is 5.75 Å². The Hall–Kier alpha value is -1.26. The molecule has 1 fully saturated rings. The largest absolute Gasteiger partial charge is 0.496 e. The van der Waals surface area contributed by atoms with Crippen molar-refractivity contribution < 1.29 is 4.74 Å². The third-order valence-electron chi connectivity index (χ3n) is 3.99. The van der Waals surface area contributed by atoms with Crippen LogP contribution in [0.25, 0.3) is 0 Å². The SMILES string of the molecule is COc1ccc(N)cc1CN1CCC(N(C)C)CC1. The highest BCUT2D eigenvalue weighted by atomic mass is 16.5. The zero-order chi connectivity index (χ0) is 13.8. The highest BCUT2D eigenvalue weighted by Gasteiger charge is 2.21. The molecule has 0 atom stereocenters. The summed E-state index contributed by atoms with van der Waals surface area (Å²) in [5.41, 5.74) is 7.86. The fourth-order valence-electron chi connectivity index (χ4n) is 2.76. The van der Waals surface area contributed by atoms with Gasteiger partial charge in [-0.25, -0.2) is 0 Å². The van der Waals surface area contributed by atoms with Crippen LogP contribution in [-0.4, -0.2) is 50.1 Å². The van der Waals surface area contributed by atoms with Gasteiger partial charge in [-0.1, -0.05) is 0 Å². The van der Waals surface area contributed by atoms with Gasteiger partial charge < -0.3 is 15.4 Å². The number of hydrogen-bond donors (Lipinski definition) is 1. The van der Waals surface area contributed by atoms with Gasteiger partial charge >= 0.3 is 0 Å². The third kappa shape index (κ3) is 3.61. The molecule has 1 aliphatic heterocycles. The molecule has 2 N–H and O–H groups in total. The van der Waals surface area contributed by atoms with Gasteiger partial charge in [-0.3, -0.25) is 4.90 Å². The molecule has 19 heavy (non-hydrogen) atoms. The van der Waals surface area contributed by atoms with Crippen LogP contribution in [-0.2, 0) is 6.54 Å². The van der Waals surface area contributed by atoms with Crippen molar-refractivity contribution in [2.24, 2.45) is 0 Å². The number of anilines is 1. The number of ether oxygens (including phenoxy) is 1. The van der Waals surface area contributed by atoms with Gasteiger partial charge in [0, 0.05) is 23.8 Å². The summed E-state index contributed by atoms with van der Waals surface area (Å²) in [6.45, 7) is 3.20. The Morgan fingerprint density at radius 3 is 2.58 bits per heavy atom. The smallest absolute Gasteiger partial charge is 0.123 e. The molecule has 1 aliphatic rings. The molecule has 1 aromatic carbocycles. The molecule has 0 saturated carbocycles. The van der Waals surface area contributed by atoms with Gasteiger partial charge in [0.15, 0.2) is 0 Å². The van der Waals surface area contributed by atoms with Gasteiger partial charge in [-0.15, -0.1) is 0 Å². The summed E-state index contributed by atoms with van der Waals surface area (Å²) >= 11 is 0. The van der Waals surface area contributed by atoms with Crippen LogP contribution in [0.15, 0.2) is 18.2 Å². The molecule has 1 aromatic rings. The van der Waals surface area contributed by atoms with E-state index in [0.717, 1.165) is 37.1 Å². The molecule has 0 bridgehead atoms. The van der Waals surface area contributed by atoms with E-state index in [9.17, 15) is 0 Å². The predicted molar refractivity (Wildman–Crippen MR) is 79.4 cm³/mol. The van der Waals surface area contributed by atoms with E-state index in [1.807, 2.05) is 18.2 Å². The van der Waals surface area contributed by atoms with Gasteiger partial charge in [0.2, 0.25) is 0 Å². The van der Waals surface area contributed by atoms with E-state index in [0.29, 0.717) is 0 Å². The Balaban J connectivity index is 1.97. The summed E-state index contributed by atoms with van der Waals surface area (Å²) in [5, 5.41) is 0. The molecule has 0 unspecified atom stereocenters. The second-order valence-corrected chi connectivity index (χ2v) is 5.54. The normalized spacial score (nSPS) is 17.9. The molecule has 0 spiro atoms. The molecule has 1 heterocycles. The molecule has 4 nitrogen and oxygen atoms in total. The van der Waals surface area contributed by atoms with Gasteiger partial charge in [-0.05, 0) is 58.2 Å². The van der Waals surface area contributed by atoms with Gasteiger partial charge in [0.1, 0.15) is 5.75 Å². The molecular weight excluding hydrogens is 238 g/mol. The first-order valence-electron chi connectivity index (χ1n) is 6.91. The first-order chi connectivity index (χ1) is 9.10. The highest BCUT2D eigenvalue weighted by Crippen LogP contribution is 2.24. The number of methoxy groups -OCH3 is 1. The number of rotatable bonds is 4. The van der Waals surface area contributed by atoms with E-state index in [1.54, 1.807) is 7.11 Å². The Labute approximate surface area is 116 Å². The first kappa shape index (κ1) is 14.2. The van der Waals surface area contributed by atoms with Gasteiger partial charge in [0.05, 0.1) is 7.11 Å². The number of nitrogens with two attached hydrogens (primary N) is 1. The summed E-state index contributed by atoms with van der Waals surface area (Å²) in [4.78, 5) is 4.82. The summed E-state index contributed by atoms with van der Waals surface area (Å²) in [7, 11) is 6.05. The highest BCUT2D eigenvalue weighted by molar-refractivity contribution is 5.47. The average molecular weight is 263 g/mol. The van der Waals surface area contributed by atoms with Crippen molar-refractivity contribution in [2.45, 2.75) is 25.4 Å². The number of piperidine rings is 1. The van der Waals surface area contributed by atoms with Crippen LogP contribution in [0.3, 0.4) is 0 Å². The Morgan fingerprint density at radius 1 is 1.32 bits per heavy atom. The number of nitrogens with zero attached hydrogens (tertiary/aromatic N) is 2. The summed E-state index contributed by atoms with van der Waals surface area (Å²) in [6, 6.07) is 6.59. The minimum atomic E-state index is 0.721. The number of hydrogen-bond acceptors (Lipinski definition) is 4. The molecule has 4 heteroatoms. The average Bonchev–Trinajstić information content (AvgIpc) is 2.39. The minimum absolute atomic E-state index is 0.721. The van der Waals surface area contributed by atoms with Crippen LogP contribution >= 0.6 is 0 Å². The van der Waals surface area contributed by atoms with Crippen molar-refractivity contribution in [2.75, 3.05) is 40.0 Å². The van der Waals surface area contributed by atoms with Gasteiger partial charge in [0.25, 0.3) is 0 Å². The minimum Gasteiger partial charge on any atom is -0.496 e. The fraction of sp³-hybridized carbons (Fsp3) is 0.600. The zero-order valence-electron chi connectivity index (χ0n) is 12.2. The fourth-order valence-corrected chi connectivity index (χ4v) is 2.76. The maximum absolute atomic E-state index is 5.87. The lowest BCUT2D eigenvalue weighted by molar-refractivity contribution is 0.139. The second-order valence-electron chi connectivity index (χ2n) is 5.54. The zero-order valence-corrected chi connectivity index (χ0v) is 12.2. The number of benzene rings is 1. The summed E-state index contributed by atoms with van der Waals surface area (Å²) in [6.07, 6.45) is 2.47. The van der Waals surface area contributed by atoms with Crippen LogP contribution in [0.4, 0.5) is 5.69 Å². The van der Waals surface area contributed by atoms with Crippen LogP contribution in [0.1, 0.15) is 18.4 Å². The lowest BCUT2D eigenvalue weighted by Crippen LogP contribution is -2.41. The molecule has 2 rings (SSSR count). The lowest BCUT2D eigenvalue weighted by atomic mass is 10.0. The molecule has 0 aliphatic carbocycles. The van der Waals surface area contributed by atoms with Crippen molar-refractivity contribution in [1.29, 1.82) is 0 Å². The van der Waals surface area contributed by atoms with Crippen LogP contribution in [0.5, 0.6) is 5.75 Å². The maximum atomic E-state index is 5.87. The Morgan fingerprint density at radius 2 is 2.00 bits per heavy atom. The van der Waals surface area contributed by atoms with Crippen molar-refractivity contribution >= 4 is 5.69 Å². The molecule has 0 radical (unpaired) electrons. The third-order valence-corrected chi connectivity index (χ3v) is 3.99. The number of likely N-dealkylation sites (tertiary alicyclic amines) is 1. The lowest BCUT2D eigenvalue weighted by Gasteiger charge is -2.35. The van der Waals surface area contributed by atoms with Crippen molar-refractivity contribution in [3.63, 3.8) is 0 Å². The van der Waals surface area contributed by atoms with E-state index in [4.69, 9.17) is 10.5 Å². The van der Waals surface area contributed by atoms with Crippen LogP contribution in [0.2, 0.25) is 0 Å². The summed E-state index contributed by atoms with van der Waals surface area (Å²) < 4.78 is 5.41. The van der Waals surface area contributed by atoms with Crippen molar-refractivity contribution in [3.05, 3.63) is 23.8 Å². The van der Waals surface area contributed by atoms with E-state index in [2.05, 4.69) is 23.9 Å². The maximum Gasteiger partial charge on any atom is 0.123 e. The van der Waals surface area contributed by atoms with E-state index in [1.165, 1.54) is 18.4 Å². The second kappa shape index (κ2) is 6.26. The van der Waals surface area contributed by atoms with Crippen LogP contribution < -0.4 is 10.5 Å². The van der Waals surface area contributed by atoms with Crippen LogP contribution in [0, 0.1) is 0 Å². The first-order valence-corrected chi connectivity index (χ1v) is 6.91. The Kier molecular flexibility index (Phi) is 4.66. The summed E-state index contributed by atoms with van der Waals surface area (Å²) in [5.74, 6) is 0.934. The van der Waals surface area contributed by atoms with Crippen molar-refractivity contribution in [1.82, 2.24) is 9.80 Å². The molecule has 1 saturated heterocycles. The molecular formula is C15H25N3O. The van der Waals surface area contributed by atoms with Gasteiger partial charge in [-0.2, -0.15) is 0 Å².